The molecular weight excluding hydrogens is 286 g/mol. The molecule has 1 aliphatic carbocycles. The number of hydrogen-bond acceptors (Lipinski definition) is 3. The van der Waals surface area contributed by atoms with Gasteiger partial charge in [-0.15, -0.1) is 0 Å². The summed E-state index contributed by atoms with van der Waals surface area (Å²) in [6.45, 7) is 1.85. The summed E-state index contributed by atoms with van der Waals surface area (Å²) in [5.74, 6) is 0. The van der Waals surface area contributed by atoms with E-state index in [9.17, 15) is 13.5 Å². The van der Waals surface area contributed by atoms with Crippen molar-refractivity contribution in [2.24, 2.45) is 0 Å². The van der Waals surface area contributed by atoms with Crippen LogP contribution in [-0.2, 0) is 16.4 Å². The predicted molar refractivity (Wildman–Crippen MR) is 80.4 cm³/mol. The number of hydrogen-bond donors (Lipinski definition) is 2. The molecule has 0 aliphatic heterocycles. The van der Waals surface area contributed by atoms with Crippen LogP contribution in [0, 0.1) is 6.92 Å². The third-order valence-electron chi connectivity index (χ3n) is 3.79. The zero-order chi connectivity index (χ0) is 15.0. The molecule has 2 aromatic rings. The highest BCUT2D eigenvalue weighted by molar-refractivity contribution is 7.89. The Morgan fingerprint density at radius 1 is 1.14 bits per heavy atom. The molecule has 0 radical (unpaired) electrons. The summed E-state index contributed by atoms with van der Waals surface area (Å²) < 4.78 is 27.6. The fraction of sp³-hybridized carbons (Fsp3) is 0.250. The Kier molecular flexibility index (Phi) is 3.57. The van der Waals surface area contributed by atoms with Crippen molar-refractivity contribution in [2.75, 3.05) is 0 Å². The number of fused-ring (bicyclic) bond motifs is 1. The van der Waals surface area contributed by atoms with Crippen molar-refractivity contribution in [3.05, 3.63) is 65.2 Å². The van der Waals surface area contributed by atoms with E-state index in [0.717, 1.165) is 16.7 Å². The lowest BCUT2D eigenvalue weighted by atomic mass is 10.1. The quantitative estimate of drug-likeness (QED) is 0.910. The van der Waals surface area contributed by atoms with Crippen LogP contribution >= 0.6 is 0 Å². The van der Waals surface area contributed by atoms with E-state index >= 15 is 0 Å². The van der Waals surface area contributed by atoms with Gasteiger partial charge < -0.3 is 5.11 Å². The van der Waals surface area contributed by atoms with Crippen LogP contribution in [-0.4, -0.2) is 19.6 Å². The van der Waals surface area contributed by atoms with Crippen molar-refractivity contribution in [1.82, 2.24) is 4.72 Å². The van der Waals surface area contributed by atoms with Crippen LogP contribution in [0.2, 0.25) is 0 Å². The van der Waals surface area contributed by atoms with Gasteiger partial charge in [0.15, 0.2) is 0 Å². The standard InChI is InChI=1S/C16H17NO3S/c1-11-5-4-7-13(9-11)21(19,20)17-16-14-8-3-2-6-12(14)10-15(16)18/h2-9,15-18H,10H2,1H3/t15-,16+/m0/s1. The Labute approximate surface area is 124 Å². The van der Waals surface area contributed by atoms with Crippen molar-refractivity contribution >= 4 is 10.0 Å². The van der Waals surface area contributed by atoms with E-state index in [1.807, 2.05) is 37.3 Å². The van der Waals surface area contributed by atoms with Gasteiger partial charge in [-0.1, -0.05) is 36.4 Å². The van der Waals surface area contributed by atoms with E-state index in [-0.39, 0.29) is 4.90 Å². The summed E-state index contributed by atoms with van der Waals surface area (Å²) in [6, 6.07) is 13.7. The molecule has 5 heteroatoms. The molecule has 0 bridgehead atoms. The lowest BCUT2D eigenvalue weighted by Crippen LogP contribution is -2.33. The molecule has 0 aromatic heterocycles. The van der Waals surface area contributed by atoms with Crippen molar-refractivity contribution in [1.29, 1.82) is 0 Å². The number of aryl methyl sites for hydroxylation is 1. The fourth-order valence-electron chi connectivity index (χ4n) is 2.73. The third-order valence-corrected chi connectivity index (χ3v) is 5.22. The molecule has 2 N–H and O–H groups in total. The molecule has 110 valence electrons. The Morgan fingerprint density at radius 3 is 2.67 bits per heavy atom. The molecule has 2 aromatic carbocycles. The van der Waals surface area contributed by atoms with Crippen LogP contribution in [0.1, 0.15) is 22.7 Å². The number of benzene rings is 2. The molecule has 4 nitrogen and oxygen atoms in total. The number of aliphatic hydroxyl groups excluding tert-OH is 1. The molecule has 21 heavy (non-hydrogen) atoms. The second kappa shape index (κ2) is 5.26. The van der Waals surface area contributed by atoms with Crippen molar-refractivity contribution < 1.29 is 13.5 Å². The van der Waals surface area contributed by atoms with Gasteiger partial charge in [-0.05, 0) is 35.7 Å². The average molecular weight is 303 g/mol. The Balaban J connectivity index is 1.93. The molecule has 0 amide bonds. The first kappa shape index (κ1) is 14.3. The highest BCUT2D eigenvalue weighted by atomic mass is 32.2. The lowest BCUT2D eigenvalue weighted by molar-refractivity contribution is 0.151. The first-order chi connectivity index (χ1) is 9.97. The fourth-order valence-corrected chi connectivity index (χ4v) is 4.09. The highest BCUT2D eigenvalue weighted by Gasteiger charge is 2.34. The number of nitrogens with one attached hydrogen (secondary N) is 1. The largest absolute Gasteiger partial charge is 0.391 e. The molecule has 0 heterocycles. The average Bonchev–Trinajstić information content (AvgIpc) is 2.75. The van der Waals surface area contributed by atoms with Crippen LogP contribution < -0.4 is 4.72 Å². The van der Waals surface area contributed by atoms with Gasteiger partial charge in [-0.25, -0.2) is 13.1 Å². The van der Waals surface area contributed by atoms with Crippen LogP contribution in [0.25, 0.3) is 0 Å². The first-order valence-corrected chi connectivity index (χ1v) is 8.30. The van der Waals surface area contributed by atoms with E-state index in [2.05, 4.69) is 4.72 Å². The second-order valence-electron chi connectivity index (χ2n) is 5.39. The minimum absolute atomic E-state index is 0.221. The van der Waals surface area contributed by atoms with Gasteiger partial charge in [0.2, 0.25) is 10.0 Å². The van der Waals surface area contributed by atoms with Crippen LogP contribution in [0.4, 0.5) is 0 Å². The number of aliphatic hydroxyl groups is 1. The first-order valence-electron chi connectivity index (χ1n) is 6.82. The van der Waals surface area contributed by atoms with E-state index < -0.39 is 22.2 Å². The van der Waals surface area contributed by atoms with Gasteiger partial charge in [-0.3, -0.25) is 0 Å². The van der Waals surface area contributed by atoms with E-state index in [1.54, 1.807) is 18.2 Å². The van der Waals surface area contributed by atoms with Crippen LogP contribution in [0.3, 0.4) is 0 Å². The molecule has 1 aliphatic rings. The topological polar surface area (TPSA) is 66.4 Å². The zero-order valence-corrected chi connectivity index (χ0v) is 12.5. The Morgan fingerprint density at radius 2 is 1.90 bits per heavy atom. The van der Waals surface area contributed by atoms with Crippen molar-refractivity contribution in [3.63, 3.8) is 0 Å². The molecule has 0 spiro atoms. The predicted octanol–water partition coefficient (Wildman–Crippen LogP) is 1.93. The normalized spacial score (nSPS) is 21.2. The van der Waals surface area contributed by atoms with E-state index in [4.69, 9.17) is 0 Å². The summed E-state index contributed by atoms with van der Waals surface area (Å²) in [4.78, 5) is 0.221. The maximum Gasteiger partial charge on any atom is 0.241 e. The second-order valence-corrected chi connectivity index (χ2v) is 7.10. The summed E-state index contributed by atoms with van der Waals surface area (Å²) in [5, 5.41) is 10.1. The molecule has 0 fully saturated rings. The van der Waals surface area contributed by atoms with Gasteiger partial charge in [0.05, 0.1) is 17.0 Å². The zero-order valence-electron chi connectivity index (χ0n) is 11.7. The molecule has 3 rings (SSSR count). The van der Waals surface area contributed by atoms with Gasteiger partial charge in [0, 0.05) is 6.42 Å². The minimum atomic E-state index is -3.65. The monoisotopic (exact) mass is 303 g/mol. The SMILES string of the molecule is Cc1cccc(S(=O)(=O)N[C@@H]2c3ccccc3C[C@@H]2O)c1. The van der Waals surface area contributed by atoms with Crippen molar-refractivity contribution in [3.8, 4) is 0 Å². The number of sulfonamides is 1. The van der Waals surface area contributed by atoms with E-state index in [1.165, 1.54) is 0 Å². The smallest absolute Gasteiger partial charge is 0.241 e. The lowest BCUT2D eigenvalue weighted by Gasteiger charge is -2.18. The maximum absolute atomic E-state index is 12.5. The highest BCUT2D eigenvalue weighted by Crippen LogP contribution is 2.32. The van der Waals surface area contributed by atoms with Gasteiger partial charge in [-0.2, -0.15) is 0 Å². The molecule has 0 saturated carbocycles. The minimum Gasteiger partial charge on any atom is -0.391 e. The Hall–Kier alpha value is -1.69. The van der Waals surface area contributed by atoms with Crippen LogP contribution in [0.15, 0.2) is 53.4 Å². The maximum atomic E-state index is 12.5. The molecular formula is C16H17NO3S. The van der Waals surface area contributed by atoms with Crippen molar-refractivity contribution in [2.45, 2.75) is 30.4 Å². The summed E-state index contributed by atoms with van der Waals surface area (Å²) in [7, 11) is -3.65. The third kappa shape index (κ3) is 2.72. The van der Waals surface area contributed by atoms with Gasteiger partial charge >= 0.3 is 0 Å². The molecule has 0 saturated heterocycles. The summed E-state index contributed by atoms with van der Waals surface area (Å²) in [6.07, 6.45) is -0.265. The Bertz CT molecular complexity index is 771. The van der Waals surface area contributed by atoms with Gasteiger partial charge in [0.1, 0.15) is 0 Å². The van der Waals surface area contributed by atoms with E-state index in [0.29, 0.717) is 6.42 Å². The summed E-state index contributed by atoms with van der Waals surface area (Å²) in [5.41, 5.74) is 2.72. The van der Waals surface area contributed by atoms with Gasteiger partial charge in [0.25, 0.3) is 0 Å². The summed E-state index contributed by atoms with van der Waals surface area (Å²) >= 11 is 0. The molecule has 2 atom stereocenters. The molecule has 0 unspecified atom stereocenters. The number of rotatable bonds is 3. The van der Waals surface area contributed by atoms with Crippen LogP contribution in [0.5, 0.6) is 0 Å².